The molecule has 7 heteroatoms. The van der Waals surface area contributed by atoms with Crippen molar-refractivity contribution in [3.63, 3.8) is 0 Å². The van der Waals surface area contributed by atoms with E-state index in [9.17, 15) is 14.7 Å². The summed E-state index contributed by atoms with van der Waals surface area (Å²) in [5.41, 5.74) is 5.08. The molecule has 1 aliphatic heterocycles. The van der Waals surface area contributed by atoms with Gasteiger partial charge in [0.1, 0.15) is 0 Å². The number of hydrogen-bond acceptors (Lipinski definition) is 5. The van der Waals surface area contributed by atoms with Gasteiger partial charge in [-0.1, -0.05) is 30.3 Å². The van der Waals surface area contributed by atoms with Crippen LogP contribution in [0.3, 0.4) is 0 Å². The lowest BCUT2D eigenvalue weighted by atomic mass is 10.1. The fraction of sp³-hybridized carbons (Fsp3) is 0.238. The predicted molar refractivity (Wildman–Crippen MR) is 107 cm³/mol. The number of aliphatic carboxylic acids is 2. The average Bonchev–Trinajstić information content (AvgIpc) is 2.81. The van der Waals surface area contributed by atoms with Gasteiger partial charge in [-0.2, -0.15) is 0 Å². The Balaban J connectivity index is 0.000000300. The number of fused-ring (bicyclic) bond motifs is 2. The van der Waals surface area contributed by atoms with E-state index in [1.165, 1.54) is 27.5 Å². The lowest BCUT2D eigenvalue weighted by Crippen LogP contribution is -3.06. The summed E-state index contributed by atoms with van der Waals surface area (Å²) in [7, 11) is 4.41. The van der Waals surface area contributed by atoms with Gasteiger partial charge < -0.3 is 30.1 Å². The molecule has 2 aromatic rings. The van der Waals surface area contributed by atoms with E-state index >= 15 is 0 Å². The number of benzene rings is 2. The predicted octanol–water partition coefficient (Wildman–Crippen LogP) is 0.272. The monoisotopic (exact) mass is 383 g/mol. The summed E-state index contributed by atoms with van der Waals surface area (Å²) in [6.45, 7) is 3.17. The Morgan fingerprint density at radius 1 is 1.11 bits per heavy atom. The average molecular weight is 383 g/mol. The van der Waals surface area contributed by atoms with Crippen molar-refractivity contribution in [1.29, 1.82) is 0 Å². The van der Waals surface area contributed by atoms with Gasteiger partial charge in [0.05, 0.1) is 44.5 Å². The van der Waals surface area contributed by atoms with Gasteiger partial charge in [0.15, 0.2) is 0 Å². The number of likely N-dealkylation sites (N-methyl/N-ethyl adjacent to an activating group) is 1. The number of para-hydroxylation sites is 3. The maximum absolute atomic E-state index is 9.53. The minimum absolute atomic E-state index is 0.447. The number of rotatable bonds is 5. The SMILES string of the molecule is C[NH+](C)CCN1Cc2ccccc2Nc2ccccc21.O=C([O-])/C=C\C(=O)O. The molecule has 148 valence electrons. The van der Waals surface area contributed by atoms with Crippen molar-refractivity contribution >= 4 is 29.0 Å². The number of anilines is 3. The zero-order chi connectivity index (χ0) is 20.5. The van der Waals surface area contributed by atoms with Gasteiger partial charge >= 0.3 is 5.97 Å². The zero-order valence-electron chi connectivity index (χ0n) is 16.0. The molecule has 1 heterocycles. The molecule has 3 N–H and O–H groups in total. The number of carboxylic acids is 2. The number of hydrogen-bond donors (Lipinski definition) is 3. The second-order valence-electron chi connectivity index (χ2n) is 6.67. The third-order valence-corrected chi connectivity index (χ3v) is 4.14. The number of carboxylic acid groups (broad SMARTS) is 2. The van der Waals surface area contributed by atoms with Crippen LogP contribution in [-0.4, -0.2) is 44.2 Å². The van der Waals surface area contributed by atoms with Crippen LogP contribution < -0.4 is 20.2 Å². The highest BCUT2D eigenvalue weighted by atomic mass is 16.4. The van der Waals surface area contributed by atoms with Crippen molar-refractivity contribution in [3.05, 3.63) is 66.2 Å². The Kier molecular flexibility index (Phi) is 7.59. The first-order valence-electron chi connectivity index (χ1n) is 8.96. The topological polar surface area (TPSA) is 97.1 Å². The van der Waals surface area contributed by atoms with Crippen molar-refractivity contribution < 1.29 is 24.7 Å². The minimum Gasteiger partial charge on any atom is -0.545 e. The second-order valence-corrected chi connectivity index (χ2v) is 6.67. The van der Waals surface area contributed by atoms with Crippen LogP contribution in [0.5, 0.6) is 0 Å². The summed E-state index contributed by atoms with van der Waals surface area (Å²) >= 11 is 0. The molecule has 3 rings (SSSR count). The van der Waals surface area contributed by atoms with Gasteiger partial charge in [-0.3, -0.25) is 0 Å². The summed E-state index contributed by atoms with van der Waals surface area (Å²) in [4.78, 5) is 22.9. The lowest BCUT2D eigenvalue weighted by Gasteiger charge is -2.25. The Morgan fingerprint density at radius 3 is 2.36 bits per heavy atom. The zero-order valence-corrected chi connectivity index (χ0v) is 16.0. The van der Waals surface area contributed by atoms with Crippen molar-refractivity contribution in [3.8, 4) is 0 Å². The van der Waals surface area contributed by atoms with Crippen LogP contribution in [0.1, 0.15) is 5.56 Å². The molecule has 0 saturated heterocycles. The van der Waals surface area contributed by atoms with Crippen LogP contribution in [0.2, 0.25) is 0 Å². The molecule has 0 saturated carbocycles. The van der Waals surface area contributed by atoms with Crippen molar-refractivity contribution in [2.75, 3.05) is 37.4 Å². The molecule has 0 radical (unpaired) electrons. The Morgan fingerprint density at radius 2 is 1.75 bits per heavy atom. The highest BCUT2D eigenvalue weighted by Crippen LogP contribution is 2.34. The smallest absolute Gasteiger partial charge is 0.328 e. The van der Waals surface area contributed by atoms with Gasteiger partial charge in [0.25, 0.3) is 0 Å². The standard InChI is InChI=1S/C17H21N3.C4H4O4/c1-19(2)11-12-20-13-14-7-3-4-8-15(14)18-16-9-5-6-10-17(16)20;5-3(6)1-2-4(7)8/h3-10,18H,11-13H2,1-2H3;1-2H,(H,5,6)(H,7,8)/b;2-1-. The maximum Gasteiger partial charge on any atom is 0.328 e. The number of nitrogens with one attached hydrogen (secondary N) is 2. The van der Waals surface area contributed by atoms with Crippen LogP contribution in [0.25, 0.3) is 0 Å². The van der Waals surface area contributed by atoms with Gasteiger partial charge in [-0.05, 0) is 29.8 Å². The maximum atomic E-state index is 9.53. The molecular formula is C21H25N3O4. The minimum atomic E-state index is -1.51. The molecule has 0 aromatic heterocycles. The van der Waals surface area contributed by atoms with E-state index in [2.05, 4.69) is 72.8 Å². The summed E-state index contributed by atoms with van der Waals surface area (Å²) in [6.07, 6.45) is 0.942. The number of carbonyl (C=O) groups excluding carboxylic acids is 1. The van der Waals surface area contributed by atoms with Gasteiger partial charge in [0.2, 0.25) is 0 Å². The first-order chi connectivity index (χ1) is 13.4. The quantitative estimate of drug-likeness (QED) is 0.642. The van der Waals surface area contributed by atoms with E-state index < -0.39 is 11.9 Å². The van der Waals surface area contributed by atoms with E-state index in [-0.39, 0.29) is 0 Å². The largest absolute Gasteiger partial charge is 0.545 e. The normalized spacial score (nSPS) is 12.3. The molecule has 28 heavy (non-hydrogen) atoms. The van der Waals surface area contributed by atoms with Gasteiger partial charge in [-0.15, -0.1) is 0 Å². The van der Waals surface area contributed by atoms with E-state index in [1.54, 1.807) is 0 Å². The van der Waals surface area contributed by atoms with E-state index in [4.69, 9.17) is 5.11 Å². The van der Waals surface area contributed by atoms with Crippen molar-refractivity contribution in [2.24, 2.45) is 0 Å². The lowest BCUT2D eigenvalue weighted by molar-refractivity contribution is -0.856. The fourth-order valence-corrected chi connectivity index (χ4v) is 2.77. The molecule has 0 atom stereocenters. The molecule has 0 amide bonds. The van der Waals surface area contributed by atoms with Crippen LogP contribution in [0.4, 0.5) is 17.1 Å². The van der Waals surface area contributed by atoms with Crippen molar-refractivity contribution in [2.45, 2.75) is 6.54 Å². The summed E-state index contributed by atoms with van der Waals surface area (Å²) in [5, 5.41) is 20.8. The van der Waals surface area contributed by atoms with Crippen LogP contribution in [0.15, 0.2) is 60.7 Å². The summed E-state index contributed by atoms with van der Waals surface area (Å²) in [6, 6.07) is 17.2. The molecule has 0 spiro atoms. The van der Waals surface area contributed by atoms with Crippen LogP contribution in [0, 0.1) is 0 Å². The molecule has 1 aliphatic rings. The molecule has 0 unspecified atom stereocenters. The van der Waals surface area contributed by atoms with Gasteiger partial charge in [-0.25, -0.2) is 4.79 Å². The highest BCUT2D eigenvalue weighted by Gasteiger charge is 2.18. The van der Waals surface area contributed by atoms with E-state index in [0.717, 1.165) is 19.6 Å². The molecule has 0 bridgehead atoms. The molecule has 0 aliphatic carbocycles. The number of nitrogens with zero attached hydrogens (tertiary/aromatic N) is 1. The Hall–Kier alpha value is -3.32. The molecule has 2 aromatic carbocycles. The third-order valence-electron chi connectivity index (χ3n) is 4.14. The highest BCUT2D eigenvalue weighted by molar-refractivity contribution is 5.88. The summed E-state index contributed by atoms with van der Waals surface area (Å²) < 4.78 is 0. The number of carbonyl (C=O) groups is 2. The van der Waals surface area contributed by atoms with Gasteiger partial charge in [0, 0.05) is 18.3 Å². The van der Waals surface area contributed by atoms with Crippen molar-refractivity contribution in [1.82, 2.24) is 0 Å². The molecule has 7 nitrogen and oxygen atoms in total. The first-order valence-corrected chi connectivity index (χ1v) is 8.96. The Labute approximate surface area is 164 Å². The summed E-state index contributed by atoms with van der Waals surface area (Å²) in [5.74, 6) is -2.80. The Bertz CT molecular complexity index is 833. The molecule has 0 fully saturated rings. The van der Waals surface area contributed by atoms with E-state index in [1.807, 2.05) is 0 Å². The van der Waals surface area contributed by atoms with Crippen LogP contribution >= 0.6 is 0 Å². The molecular weight excluding hydrogens is 358 g/mol. The fourth-order valence-electron chi connectivity index (χ4n) is 2.77. The third kappa shape index (κ3) is 6.44. The van der Waals surface area contributed by atoms with E-state index in [0.29, 0.717) is 12.2 Å². The van der Waals surface area contributed by atoms with Crippen LogP contribution in [-0.2, 0) is 16.1 Å². The number of quaternary nitrogens is 1. The second kappa shape index (κ2) is 10.1. The first kappa shape index (κ1) is 21.0.